The second kappa shape index (κ2) is 28.7. The van der Waals surface area contributed by atoms with Crippen molar-refractivity contribution in [3.05, 3.63) is 24.3 Å². The molecule has 0 saturated carbocycles. The maximum absolute atomic E-state index is 12.6. The average molecular weight is 619 g/mol. The summed E-state index contributed by atoms with van der Waals surface area (Å²) in [7, 11) is -4.38. The molecular formula is C32H63N2O7P. The van der Waals surface area contributed by atoms with Crippen molar-refractivity contribution in [3.8, 4) is 0 Å². The summed E-state index contributed by atoms with van der Waals surface area (Å²) in [5.74, 6) is -0.468. The second-order valence-corrected chi connectivity index (χ2v) is 12.7. The number of allylic oxidation sites excluding steroid dienone is 3. The number of nitrogens with two attached hydrogens (primary N) is 1. The Kier molecular flexibility index (Phi) is 28.0. The van der Waals surface area contributed by atoms with E-state index in [0.29, 0.717) is 6.42 Å². The van der Waals surface area contributed by atoms with Crippen LogP contribution in [0.2, 0.25) is 0 Å². The lowest BCUT2D eigenvalue weighted by Gasteiger charge is -2.24. The summed E-state index contributed by atoms with van der Waals surface area (Å²) in [6.07, 6.45) is 25.6. The number of carbonyl (C=O) groups is 1. The highest BCUT2D eigenvalue weighted by atomic mass is 31.2. The fraction of sp³-hybridized carbons (Fsp3) is 0.844. The quantitative estimate of drug-likeness (QED) is 0.0333. The van der Waals surface area contributed by atoms with Crippen LogP contribution in [0.3, 0.4) is 0 Å². The number of aliphatic hydroxyl groups excluding tert-OH is 2. The Morgan fingerprint density at radius 3 is 1.90 bits per heavy atom. The van der Waals surface area contributed by atoms with Crippen LogP contribution in [0.1, 0.15) is 136 Å². The summed E-state index contributed by atoms with van der Waals surface area (Å²) in [6, 6.07) is -0.984. The molecule has 4 unspecified atom stereocenters. The highest BCUT2D eigenvalue weighted by molar-refractivity contribution is 7.47. The largest absolute Gasteiger partial charge is 0.472 e. The second-order valence-electron chi connectivity index (χ2n) is 11.2. The summed E-state index contributed by atoms with van der Waals surface area (Å²) >= 11 is 0. The van der Waals surface area contributed by atoms with Crippen molar-refractivity contribution in [2.24, 2.45) is 5.73 Å². The molecule has 10 heteroatoms. The van der Waals surface area contributed by atoms with Crippen LogP contribution in [0.4, 0.5) is 0 Å². The zero-order chi connectivity index (χ0) is 31.3. The summed E-state index contributed by atoms with van der Waals surface area (Å²) < 4.78 is 21.8. The Morgan fingerprint density at radius 2 is 1.33 bits per heavy atom. The van der Waals surface area contributed by atoms with E-state index in [1.54, 1.807) is 6.08 Å². The first-order valence-corrected chi connectivity index (χ1v) is 18.0. The van der Waals surface area contributed by atoms with Gasteiger partial charge >= 0.3 is 7.82 Å². The van der Waals surface area contributed by atoms with Gasteiger partial charge < -0.3 is 26.2 Å². The van der Waals surface area contributed by atoms with Gasteiger partial charge in [0, 0.05) is 6.54 Å². The summed E-state index contributed by atoms with van der Waals surface area (Å²) in [6.45, 7) is 3.87. The molecule has 248 valence electrons. The third kappa shape index (κ3) is 26.6. The van der Waals surface area contributed by atoms with Gasteiger partial charge in [0.2, 0.25) is 5.91 Å². The van der Waals surface area contributed by atoms with E-state index in [-0.39, 0.29) is 19.6 Å². The van der Waals surface area contributed by atoms with Crippen LogP contribution < -0.4 is 11.1 Å². The van der Waals surface area contributed by atoms with Crippen molar-refractivity contribution < 1.29 is 33.5 Å². The molecule has 0 rings (SSSR count). The molecule has 0 radical (unpaired) electrons. The fourth-order valence-corrected chi connectivity index (χ4v) is 5.29. The molecule has 0 fully saturated rings. The molecule has 4 atom stereocenters. The minimum absolute atomic E-state index is 0.0465. The number of nitrogens with one attached hydrogen (secondary N) is 1. The number of unbranched alkanes of at least 4 members (excludes halogenated alkanes) is 14. The van der Waals surface area contributed by atoms with Gasteiger partial charge in [-0.1, -0.05) is 109 Å². The standard InChI is InChI=1S/C32H63N2O7P/c1-3-5-7-9-11-13-14-16-17-19-21-23-29(35)27-32(37)34-30(28-41-42(38,39)40-26-25-33)31(36)24-22-20-18-15-12-10-8-6-4-2/h16-17,22,24,29-31,35-36H,3-15,18-21,23,25-28,33H2,1-2H3,(H,34,37)(H,38,39)/b17-16-,24-22+. The average Bonchev–Trinajstić information content (AvgIpc) is 2.96. The van der Waals surface area contributed by atoms with Gasteiger partial charge in [0.05, 0.1) is 37.9 Å². The smallest absolute Gasteiger partial charge is 0.393 e. The van der Waals surface area contributed by atoms with E-state index < -0.39 is 38.6 Å². The van der Waals surface area contributed by atoms with Crippen LogP contribution in [0.25, 0.3) is 0 Å². The Balaban J connectivity index is 4.58. The molecule has 42 heavy (non-hydrogen) atoms. The van der Waals surface area contributed by atoms with E-state index in [2.05, 4.69) is 31.3 Å². The molecule has 0 aromatic carbocycles. The van der Waals surface area contributed by atoms with Crippen LogP contribution in [0, 0.1) is 0 Å². The SMILES string of the molecule is CCCCCCCC/C=C\CCCC(O)CC(=O)NC(COP(=O)(O)OCCN)C(O)/C=C/CCCCCCCCC. The first-order chi connectivity index (χ1) is 20.3. The molecule has 0 aromatic rings. The molecule has 0 aliphatic carbocycles. The number of carbonyl (C=O) groups excluding carboxylic acids is 1. The van der Waals surface area contributed by atoms with Gasteiger partial charge in [0.15, 0.2) is 0 Å². The molecule has 0 bridgehead atoms. The van der Waals surface area contributed by atoms with E-state index >= 15 is 0 Å². The van der Waals surface area contributed by atoms with Crippen molar-refractivity contribution >= 4 is 13.7 Å². The van der Waals surface area contributed by atoms with Gasteiger partial charge in [-0.15, -0.1) is 0 Å². The van der Waals surface area contributed by atoms with Crippen molar-refractivity contribution in [1.82, 2.24) is 5.32 Å². The van der Waals surface area contributed by atoms with Crippen molar-refractivity contribution in [1.29, 1.82) is 0 Å². The van der Waals surface area contributed by atoms with Gasteiger partial charge in [-0.2, -0.15) is 0 Å². The number of phosphoric acid groups is 1. The van der Waals surface area contributed by atoms with Gasteiger partial charge in [0.25, 0.3) is 0 Å². The maximum Gasteiger partial charge on any atom is 0.472 e. The molecule has 0 spiro atoms. The lowest BCUT2D eigenvalue weighted by molar-refractivity contribution is -0.124. The Hall–Kier alpha value is -1.06. The Labute approximate surface area is 256 Å². The normalized spacial score (nSPS) is 15.7. The zero-order valence-electron chi connectivity index (χ0n) is 26.6. The molecule has 9 nitrogen and oxygen atoms in total. The minimum Gasteiger partial charge on any atom is -0.393 e. The van der Waals surface area contributed by atoms with E-state index in [1.807, 2.05) is 6.08 Å². The number of amides is 1. The Bertz CT molecular complexity index is 736. The van der Waals surface area contributed by atoms with Crippen LogP contribution in [-0.4, -0.2) is 59.0 Å². The number of rotatable bonds is 30. The third-order valence-electron chi connectivity index (χ3n) is 7.08. The first-order valence-electron chi connectivity index (χ1n) is 16.5. The number of aliphatic hydroxyl groups is 2. The molecule has 0 saturated heterocycles. The predicted octanol–water partition coefficient (Wildman–Crippen LogP) is 6.85. The lowest BCUT2D eigenvalue weighted by atomic mass is 10.1. The van der Waals surface area contributed by atoms with Crippen molar-refractivity contribution in [3.63, 3.8) is 0 Å². The van der Waals surface area contributed by atoms with Crippen LogP contribution in [-0.2, 0) is 18.4 Å². The van der Waals surface area contributed by atoms with E-state index in [4.69, 9.17) is 14.8 Å². The topological polar surface area (TPSA) is 151 Å². The van der Waals surface area contributed by atoms with Crippen LogP contribution in [0.15, 0.2) is 24.3 Å². The van der Waals surface area contributed by atoms with E-state index in [1.165, 1.54) is 70.6 Å². The number of hydrogen-bond acceptors (Lipinski definition) is 7. The van der Waals surface area contributed by atoms with E-state index in [9.17, 15) is 24.5 Å². The highest BCUT2D eigenvalue weighted by Gasteiger charge is 2.27. The molecule has 6 N–H and O–H groups in total. The van der Waals surface area contributed by atoms with Crippen molar-refractivity contribution in [2.45, 2.75) is 154 Å². The number of hydrogen-bond donors (Lipinski definition) is 5. The van der Waals surface area contributed by atoms with Gasteiger partial charge in [-0.05, 0) is 44.9 Å². The predicted molar refractivity (Wildman–Crippen MR) is 172 cm³/mol. The maximum atomic E-state index is 12.6. The Morgan fingerprint density at radius 1 is 0.810 bits per heavy atom. The molecule has 1 amide bonds. The molecular weight excluding hydrogens is 555 g/mol. The summed E-state index contributed by atoms with van der Waals surface area (Å²) in [5.41, 5.74) is 5.31. The zero-order valence-corrected chi connectivity index (χ0v) is 27.5. The van der Waals surface area contributed by atoms with Crippen LogP contribution in [0.5, 0.6) is 0 Å². The molecule has 0 heterocycles. The van der Waals surface area contributed by atoms with Crippen molar-refractivity contribution in [2.75, 3.05) is 19.8 Å². The molecule has 0 aliphatic rings. The minimum atomic E-state index is -4.38. The molecule has 0 aliphatic heterocycles. The number of phosphoric ester groups is 1. The highest BCUT2D eigenvalue weighted by Crippen LogP contribution is 2.43. The lowest BCUT2D eigenvalue weighted by Crippen LogP contribution is -2.46. The van der Waals surface area contributed by atoms with E-state index in [0.717, 1.165) is 38.5 Å². The monoisotopic (exact) mass is 618 g/mol. The fourth-order valence-electron chi connectivity index (χ4n) is 4.53. The first kappa shape index (κ1) is 40.9. The molecule has 0 aromatic heterocycles. The van der Waals surface area contributed by atoms with Crippen LogP contribution >= 0.6 is 7.82 Å². The summed E-state index contributed by atoms with van der Waals surface area (Å²) in [4.78, 5) is 22.5. The van der Waals surface area contributed by atoms with Gasteiger partial charge in [-0.3, -0.25) is 13.8 Å². The van der Waals surface area contributed by atoms with Gasteiger partial charge in [0.1, 0.15) is 0 Å². The summed E-state index contributed by atoms with van der Waals surface area (Å²) in [5, 5.41) is 23.7. The third-order valence-corrected chi connectivity index (χ3v) is 8.06. The van der Waals surface area contributed by atoms with Gasteiger partial charge in [-0.25, -0.2) is 4.57 Å².